The second-order valence-electron chi connectivity index (χ2n) is 6.03. The molecule has 0 aliphatic carbocycles. The van der Waals surface area contributed by atoms with Gasteiger partial charge in [-0.05, 0) is 37.1 Å². The molecule has 1 aromatic heterocycles. The Morgan fingerprint density at radius 2 is 1.78 bits per heavy atom. The van der Waals surface area contributed by atoms with Crippen LogP contribution in [0.4, 0.5) is 11.6 Å². The van der Waals surface area contributed by atoms with E-state index >= 15 is 0 Å². The van der Waals surface area contributed by atoms with Crippen LogP contribution in [0.3, 0.4) is 0 Å². The van der Waals surface area contributed by atoms with Gasteiger partial charge in [-0.3, -0.25) is 4.79 Å². The zero-order valence-electron chi connectivity index (χ0n) is 15.4. The van der Waals surface area contributed by atoms with Crippen molar-refractivity contribution in [3.05, 3.63) is 77.6 Å². The summed E-state index contributed by atoms with van der Waals surface area (Å²) in [5, 5.41) is 6.02. The number of nitrogens with one attached hydrogen (secondary N) is 2. The minimum absolute atomic E-state index is 0.223. The maximum atomic E-state index is 12.5. The van der Waals surface area contributed by atoms with Crippen LogP contribution in [0.1, 0.15) is 21.7 Å². The summed E-state index contributed by atoms with van der Waals surface area (Å²) in [6, 6.07) is 19.2. The summed E-state index contributed by atoms with van der Waals surface area (Å²) in [4.78, 5) is 21.2. The molecule has 0 spiro atoms. The monoisotopic (exact) mass is 362 g/mol. The molecule has 0 bridgehead atoms. The van der Waals surface area contributed by atoms with Gasteiger partial charge >= 0.3 is 0 Å². The van der Waals surface area contributed by atoms with Crippen LogP contribution in [-0.4, -0.2) is 29.5 Å². The van der Waals surface area contributed by atoms with Crippen molar-refractivity contribution >= 4 is 17.5 Å². The third-order valence-electron chi connectivity index (χ3n) is 3.98. The highest BCUT2D eigenvalue weighted by Crippen LogP contribution is 2.25. The van der Waals surface area contributed by atoms with Gasteiger partial charge in [-0.1, -0.05) is 42.5 Å². The van der Waals surface area contributed by atoms with E-state index in [1.54, 1.807) is 13.2 Å². The number of methoxy groups -OCH3 is 1. The van der Waals surface area contributed by atoms with E-state index < -0.39 is 0 Å². The lowest BCUT2D eigenvalue weighted by molar-refractivity contribution is 0.0949. The number of carbonyl (C=O) groups is 1. The van der Waals surface area contributed by atoms with Gasteiger partial charge in [0.1, 0.15) is 11.4 Å². The smallest absolute Gasteiger partial charge is 0.270 e. The van der Waals surface area contributed by atoms with E-state index in [1.807, 2.05) is 61.5 Å². The van der Waals surface area contributed by atoms with Crippen LogP contribution in [0.25, 0.3) is 0 Å². The molecule has 2 aromatic carbocycles. The van der Waals surface area contributed by atoms with Crippen LogP contribution in [0.15, 0.2) is 60.7 Å². The van der Waals surface area contributed by atoms with Gasteiger partial charge in [0.15, 0.2) is 0 Å². The number of carbonyl (C=O) groups excluding carboxylic acids is 1. The van der Waals surface area contributed by atoms with E-state index in [9.17, 15) is 4.79 Å². The van der Waals surface area contributed by atoms with Crippen molar-refractivity contribution in [3.8, 4) is 5.75 Å². The van der Waals surface area contributed by atoms with Crippen LogP contribution in [0.5, 0.6) is 5.75 Å². The molecule has 1 amide bonds. The van der Waals surface area contributed by atoms with Crippen LogP contribution >= 0.6 is 0 Å². The van der Waals surface area contributed by atoms with E-state index in [0.29, 0.717) is 29.6 Å². The Morgan fingerprint density at radius 1 is 1.04 bits per heavy atom. The molecule has 6 heteroatoms. The maximum Gasteiger partial charge on any atom is 0.270 e. The summed E-state index contributed by atoms with van der Waals surface area (Å²) >= 11 is 0. The van der Waals surface area contributed by atoms with Crippen molar-refractivity contribution < 1.29 is 9.53 Å². The highest BCUT2D eigenvalue weighted by atomic mass is 16.5. The molecule has 27 heavy (non-hydrogen) atoms. The van der Waals surface area contributed by atoms with Crippen molar-refractivity contribution in [2.75, 3.05) is 19.0 Å². The molecule has 0 aliphatic heterocycles. The first kappa shape index (κ1) is 18.4. The SMILES string of the molecule is COc1ccccc1Nc1nc(C)cc(C(=O)NCCc2ccccc2)n1. The standard InChI is InChI=1S/C21H22N4O2/c1-15-14-18(20(26)22-13-12-16-8-4-3-5-9-16)25-21(23-15)24-17-10-6-7-11-19(17)27-2/h3-11,14H,12-13H2,1-2H3,(H,22,26)(H,23,24,25). The quantitative estimate of drug-likeness (QED) is 0.673. The molecule has 0 atom stereocenters. The number of benzene rings is 2. The number of rotatable bonds is 7. The second kappa shape index (κ2) is 8.80. The van der Waals surface area contributed by atoms with Gasteiger partial charge < -0.3 is 15.4 Å². The van der Waals surface area contributed by atoms with Gasteiger partial charge in [0.2, 0.25) is 5.95 Å². The largest absolute Gasteiger partial charge is 0.495 e. The number of aromatic nitrogens is 2. The second-order valence-corrected chi connectivity index (χ2v) is 6.03. The number of ether oxygens (including phenoxy) is 1. The Labute approximate surface area is 158 Å². The van der Waals surface area contributed by atoms with Gasteiger partial charge in [-0.15, -0.1) is 0 Å². The lowest BCUT2D eigenvalue weighted by Gasteiger charge is -2.11. The highest BCUT2D eigenvalue weighted by molar-refractivity contribution is 5.92. The van der Waals surface area contributed by atoms with Crippen LogP contribution in [0, 0.1) is 6.92 Å². The molecule has 0 aliphatic rings. The number of hydrogen-bond donors (Lipinski definition) is 2. The molecule has 3 aromatic rings. The van der Waals surface area contributed by atoms with Gasteiger partial charge in [0, 0.05) is 12.2 Å². The summed E-state index contributed by atoms with van der Waals surface area (Å²) < 4.78 is 5.32. The molecule has 2 N–H and O–H groups in total. The number of nitrogens with zero attached hydrogens (tertiary/aromatic N) is 2. The first-order valence-corrected chi connectivity index (χ1v) is 8.73. The van der Waals surface area contributed by atoms with E-state index in [-0.39, 0.29) is 5.91 Å². The van der Waals surface area contributed by atoms with Crippen molar-refractivity contribution in [2.24, 2.45) is 0 Å². The first-order chi connectivity index (χ1) is 13.2. The van der Waals surface area contributed by atoms with E-state index in [0.717, 1.165) is 12.1 Å². The van der Waals surface area contributed by atoms with Crippen LogP contribution in [-0.2, 0) is 6.42 Å². The zero-order chi connectivity index (χ0) is 19.1. The average Bonchev–Trinajstić information content (AvgIpc) is 2.68. The highest BCUT2D eigenvalue weighted by Gasteiger charge is 2.11. The molecule has 1 heterocycles. The average molecular weight is 362 g/mol. The topological polar surface area (TPSA) is 76.1 Å². The number of hydrogen-bond acceptors (Lipinski definition) is 5. The van der Waals surface area contributed by atoms with Gasteiger partial charge in [0.05, 0.1) is 12.8 Å². The van der Waals surface area contributed by atoms with Crippen molar-refractivity contribution in [3.63, 3.8) is 0 Å². The molecule has 0 unspecified atom stereocenters. The summed E-state index contributed by atoms with van der Waals surface area (Å²) in [5.41, 5.74) is 2.94. The molecule has 0 fully saturated rings. The van der Waals surface area contributed by atoms with Gasteiger partial charge in [0.25, 0.3) is 5.91 Å². The van der Waals surface area contributed by atoms with Crippen LogP contribution < -0.4 is 15.4 Å². The lowest BCUT2D eigenvalue weighted by Crippen LogP contribution is -2.27. The summed E-state index contributed by atoms with van der Waals surface area (Å²) in [6.07, 6.45) is 0.767. The summed E-state index contributed by atoms with van der Waals surface area (Å²) in [5.74, 6) is 0.809. The predicted molar refractivity (Wildman–Crippen MR) is 106 cm³/mol. The summed E-state index contributed by atoms with van der Waals surface area (Å²) in [7, 11) is 1.60. The molecule has 138 valence electrons. The molecular weight excluding hydrogens is 340 g/mol. The third kappa shape index (κ3) is 5.04. The molecular formula is C21H22N4O2. The van der Waals surface area contributed by atoms with Crippen molar-refractivity contribution in [1.82, 2.24) is 15.3 Å². The number of aryl methyl sites for hydroxylation is 1. The van der Waals surface area contributed by atoms with Gasteiger partial charge in [-0.25, -0.2) is 9.97 Å². The Hall–Kier alpha value is -3.41. The Morgan fingerprint density at radius 3 is 2.56 bits per heavy atom. The molecule has 0 saturated heterocycles. The Kier molecular flexibility index (Phi) is 5.99. The maximum absolute atomic E-state index is 12.5. The van der Waals surface area contributed by atoms with E-state index in [1.165, 1.54) is 5.56 Å². The minimum Gasteiger partial charge on any atom is -0.495 e. The fourth-order valence-electron chi connectivity index (χ4n) is 2.66. The first-order valence-electron chi connectivity index (χ1n) is 8.73. The molecule has 0 radical (unpaired) electrons. The number of para-hydroxylation sites is 2. The third-order valence-corrected chi connectivity index (χ3v) is 3.98. The fourth-order valence-corrected chi connectivity index (χ4v) is 2.66. The molecule has 6 nitrogen and oxygen atoms in total. The zero-order valence-corrected chi connectivity index (χ0v) is 15.4. The minimum atomic E-state index is -0.223. The fraction of sp³-hybridized carbons (Fsp3) is 0.190. The lowest BCUT2D eigenvalue weighted by atomic mass is 10.1. The number of anilines is 2. The van der Waals surface area contributed by atoms with E-state index in [4.69, 9.17) is 4.74 Å². The molecule has 3 rings (SSSR count). The molecule has 0 saturated carbocycles. The predicted octanol–water partition coefficient (Wildman–Crippen LogP) is 3.51. The van der Waals surface area contributed by atoms with Crippen molar-refractivity contribution in [1.29, 1.82) is 0 Å². The number of amides is 1. The van der Waals surface area contributed by atoms with Gasteiger partial charge in [-0.2, -0.15) is 0 Å². The van der Waals surface area contributed by atoms with E-state index in [2.05, 4.69) is 20.6 Å². The Balaban J connectivity index is 1.68. The summed E-state index contributed by atoms with van der Waals surface area (Å²) in [6.45, 7) is 2.37. The van der Waals surface area contributed by atoms with Crippen LogP contribution in [0.2, 0.25) is 0 Å². The van der Waals surface area contributed by atoms with Crippen molar-refractivity contribution in [2.45, 2.75) is 13.3 Å². The normalized spacial score (nSPS) is 10.3. The Bertz CT molecular complexity index is 913.